The molecule has 2 amide bonds. The number of nitrogens with one attached hydrogen (secondary N) is 1. The van der Waals surface area contributed by atoms with Crippen LogP contribution in [0.5, 0.6) is 0 Å². The Hall–Kier alpha value is -2.67. The van der Waals surface area contributed by atoms with Crippen LogP contribution in [-0.4, -0.2) is 57.3 Å². The lowest BCUT2D eigenvalue weighted by Crippen LogP contribution is -2.50. The zero-order chi connectivity index (χ0) is 20.5. The molecular formula is C23H26N4O2S. The van der Waals surface area contributed by atoms with Crippen molar-refractivity contribution in [2.45, 2.75) is 44.1 Å². The van der Waals surface area contributed by atoms with Crippen molar-refractivity contribution in [1.82, 2.24) is 19.8 Å². The third-order valence-electron chi connectivity index (χ3n) is 6.29. The molecule has 0 saturated carbocycles. The molecule has 3 aromatic rings. The largest absolute Gasteiger partial charge is 0.342 e. The lowest BCUT2D eigenvalue weighted by atomic mass is 9.96. The number of benzene rings is 1. The zero-order valence-electron chi connectivity index (χ0n) is 16.9. The van der Waals surface area contributed by atoms with Crippen LogP contribution in [0.4, 0.5) is 0 Å². The standard InChI is InChI=1S/C23H26N4O2S/c28-21(14-17-7-5-13-30-17)27-12-4-10-20(27)23(29)26-11-3-6-16(15-26)22-24-18-8-1-2-9-19(18)25-22/h1-2,5,7-9,13,16,20H,3-4,6,10-12,14-15H2,(H,24,25). The van der Waals surface area contributed by atoms with Crippen molar-refractivity contribution < 1.29 is 9.59 Å². The number of likely N-dealkylation sites (tertiary alicyclic amines) is 2. The number of carbonyl (C=O) groups excluding carboxylic acids is 2. The summed E-state index contributed by atoms with van der Waals surface area (Å²) in [7, 11) is 0. The fourth-order valence-corrected chi connectivity index (χ4v) is 5.46. The van der Waals surface area contributed by atoms with Crippen molar-refractivity contribution in [3.63, 3.8) is 0 Å². The van der Waals surface area contributed by atoms with E-state index in [-0.39, 0.29) is 23.8 Å². The molecule has 2 atom stereocenters. The van der Waals surface area contributed by atoms with Crippen LogP contribution in [0.3, 0.4) is 0 Å². The van der Waals surface area contributed by atoms with E-state index in [2.05, 4.69) is 4.98 Å². The number of aromatic amines is 1. The highest BCUT2D eigenvalue weighted by Gasteiger charge is 2.38. The summed E-state index contributed by atoms with van der Waals surface area (Å²) in [6, 6.07) is 11.7. The molecule has 6 nitrogen and oxygen atoms in total. The maximum absolute atomic E-state index is 13.4. The van der Waals surface area contributed by atoms with E-state index in [0.29, 0.717) is 19.5 Å². The quantitative estimate of drug-likeness (QED) is 0.699. The summed E-state index contributed by atoms with van der Waals surface area (Å²) in [6.07, 6.45) is 4.04. The second-order valence-electron chi connectivity index (χ2n) is 8.26. The van der Waals surface area contributed by atoms with E-state index in [9.17, 15) is 9.59 Å². The number of nitrogens with zero attached hydrogens (tertiary/aromatic N) is 3. The minimum absolute atomic E-state index is 0.0687. The molecule has 0 radical (unpaired) electrons. The summed E-state index contributed by atoms with van der Waals surface area (Å²) in [6.45, 7) is 2.11. The second-order valence-corrected chi connectivity index (χ2v) is 9.30. The van der Waals surface area contributed by atoms with Gasteiger partial charge in [-0.1, -0.05) is 18.2 Å². The van der Waals surface area contributed by atoms with Crippen molar-refractivity contribution in [3.05, 3.63) is 52.5 Å². The molecule has 30 heavy (non-hydrogen) atoms. The molecule has 7 heteroatoms. The Morgan fingerprint density at radius 2 is 1.97 bits per heavy atom. The topological polar surface area (TPSA) is 69.3 Å². The van der Waals surface area contributed by atoms with Gasteiger partial charge in [0.15, 0.2) is 0 Å². The van der Waals surface area contributed by atoms with Crippen LogP contribution >= 0.6 is 11.3 Å². The number of thiophene rings is 1. The number of imidazole rings is 1. The summed E-state index contributed by atoms with van der Waals surface area (Å²) in [5, 5.41) is 1.99. The van der Waals surface area contributed by atoms with E-state index >= 15 is 0 Å². The average Bonchev–Trinajstić information content (AvgIpc) is 3.53. The Balaban J connectivity index is 1.28. The predicted molar refractivity (Wildman–Crippen MR) is 117 cm³/mol. The van der Waals surface area contributed by atoms with Crippen LogP contribution in [0.15, 0.2) is 41.8 Å². The van der Waals surface area contributed by atoms with Gasteiger partial charge in [-0.05, 0) is 49.3 Å². The number of amides is 2. The Labute approximate surface area is 179 Å². The molecule has 4 heterocycles. The van der Waals surface area contributed by atoms with Gasteiger partial charge in [-0.3, -0.25) is 9.59 Å². The van der Waals surface area contributed by atoms with Gasteiger partial charge in [-0.25, -0.2) is 4.98 Å². The van der Waals surface area contributed by atoms with E-state index in [0.717, 1.165) is 54.0 Å². The molecule has 1 N–H and O–H groups in total. The predicted octanol–water partition coefficient (Wildman–Crippen LogP) is 3.56. The lowest BCUT2D eigenvalue weighted by Gasteiger charge is -2.35. The number of piperidine rings is 1. The van der Waals surface area contributed by atoms with Gasteiger partial charge in [0.1, 0.15) is 11.9 Å². The zero-order valence-corrected chi connectivity index (χ0v) is 17.7. The number of H-pyrrole nitrogens is 1. The Bertz CT molecular complexity index is 1010. The fourth-order valence-electron chi connectivity index (χ4n) is 4.76. The van der Waals surface area contributed by atoms with Crippen molar-refractivity contribution in [2.24, 2.45) is 0 Å². The molecule has 5 rings (SSSR count). The van der Waals surface area contributed by atoms with Gasteiger partial charge in [-0.2, -0.15) is 0 Å². The molecule has 2 aliphatic rings. The summed E-state index contributed by atoms with van der Waals surface area (Å²) >= 11 is 1.59. The number of aromatic nitrogens is 2. The third-order valence-corrected chi connectivity index (χ3v) is 7.17. The van der Waals surface area contributed by atoms with Gasteiger partial charge in [0, 0.05) is 30.4 Å². The summed E-state index contributed by atoms with van der Waals surface area (Å²) in [5.41, 5.74) is 2.01. The van der Waals surface area contributed by atoms with Crippen molar-refractivity contribution in [3.8, 4) is 0 Å². The van der Waals surface area contributed by atoms with Crippen LogP contribution in [0.25, 0.3) is 11.0 Å². The maximum atomic E-state index is 13.4. The van der Waals surface area contributed by atoms with Crippen molar-refractivity contribution >= 4 is 34.2 Å². The first-order valence-electron chi connectivity index (χ1n) is 10.7. The molecule has 2 aliphatic heterocycles. The SMILES string of the molecule is O=C(C1CCCN1C(=O)Cc1cccs1)N1CCCC(c2nc3ccccc3[nH]2)C1. The number of hydrogen-bond donors (Lipinski definition) is 1. The maximum Gasteiger partial charge on any atom is 0.245 e. The molecule has 156 valence electrons. The van der Waals surface area contributed by atoms with Crippen molar-refractivity contribution in [2.75, 3.05) is 19.6 Å². The fraction of sp³-hybridized carbons (Fsp3) is 0.435. The molecule has 2 saturated heterocycles. The summed E-state index contributed by atoms with van der Waals surface area (Å²) < 4.78 is 0. The average molecular weight is 423 g/mol. The first kappa shape index (κ1) is 19.3. The molecule has 0 aliphatic carbocycles. The summed E-state index contributed by atoms with van der Waals surface area (Å²) in [4.78, 5) is 39.2. The molecule has 1 aromatic carbocycles. The number of carbonyl (C=O) groups is 2. The van der Waals surface area contributed by atoms with Gasteiger partial charge >= 0.3 is 0 Å². The Morgan fingerprint density at radius 3 is 2.80 bits per heavy atom. The van der Waals surface area contributed by atoms with Crippen LogP contribution in [0.2, 0.25) is 0 Å². The molecule has 2 unspecified atom stereocenters. The van der Waals surface area contributed by atoms with Gasteiger partial charge < -0.3 is 14.8 Å². The second kappa shape index (κ2) is 8.22. The summed E-state index contributed by atoms with van der Waals surface area (Å²) in [5.74, 6) is 1.35. The van der Waals surface area contributed by atoms with E-state index in [1.54, 1.807) is 11.3 Å². The van der Waals surface area contributed by atoms with E-state index in [1.807, 2.05) is 51.6 Å². The number of rotatable bonds is 4. The molecule has 0 spiro atoms. The van der Waals surface area contributed by atoms with E-state index in [1.165, 1.54) is 0 Å². The highest BCUT2D eigenvalue weighted by molar-refractivity contribution is 7.10. The molecule has 2 aromatic heterocycles. The monoisotopic (exact) mass is 422 g/mol. The third kappa shape index (κ3) is 3.74. The number of para-hydroxylation sites is 2. The normalized spacial score (nSPS) is 22.0. The van der Waals surface area contributed by atoms with Crippen LogP contribution in [0, 0.1) is 0 Å². The van der Waals surface area contributed by atoms with E-state index in [4.69, 9.17) is 4.98 Å². The highest BCUT2D eigenvalue weighted by Crippen LogP contribution is 2.29. The first-order valence-corrected chi connectivity index (χ1v) is 11.6. The molecule has 0 bridgehead atoms. The Kier molecular flexibility index (Phi) is 5.29. The van der Waals surface area contributed by atoms with Crippen molar-refractivity contribution in [1.29, 1.82) is 0 Å². The van der Waals surface area contributed by atoms with Crippen LogP contribution in [0.1, 0.15) is 42.3 Å². The van der Waals surface area contributed by atoms with Gasteiger partial charge in [0.25, 0.3) is 0 Å². The minimum atomic E-state index is -0.313. The molecular weight excluding hydrogens is 396 g/mol. The number of fused-ring (bicyclic) bond motifs is 1. The molecule has 2 fully saturated rings. The number of hydrogen-bond acceptors (Lipinski definition) is 4. The highest BCUT2D eigenvalue weighted by atomic mass is 32.1. The van der Waals surface area contributed by atoms with Gasteiger partial charge in [0.05, 0.1) is 17.5 Å². The Morgan fingerprint density at radius 1 is 1.10 bits per heavy atom. The van der Waals surface area contributed by atoms with Crippen LogP contribution in [-0.2, 0) is 16.0 Å². The smallest absolute Gasteiger partial charge is 0.245 e. The minimum Gasteiger partial charge on any atom is -0.342 e. The lowest BCUT2D eigenvalue weighted by molar-refractivity contribution is -0.144. The van der Waals surface area contributed by atoms with Gasteiger partial charge in [-0.15, -0.1) is 11.3 Å². The van der Waals surface area contributed by atoms with Crippen LogP contribution < -0.4 is 0 Å². The first-order chi connectivity index (χ1) is 14.7. The van der Waals surface area contributed by atoms with E-state index < -0.39 is 0 Å². The van der Waals surface area contributed by atoms with Gasteiger partial charge in [0.2, 0.25) is 11.8 Å².